The Morgan fingerprint density at radius 2 is 1.79 bits per heavy atom. The van der Waals surface area contributed by atoms with Gasteiger partial charge in [-0.2, -0.15) is 4.80 Å². The largest absolute Gasteiger partial charge is 0.325 e. The Balaban J connectivity index is 1.55. The maximum Gasteiger partial charge on any atom is 0.241 e. The monoisotopic (exact) mass is 378 g/mol. The fourth-order valence-corrected chi connectivity index (χ4v) is 2.64. The average Bonchev–Trinajstić information content (AvgIpc) is 3.16. The molecule has 7 nitrogen and oxygen atoms in total. The number of hydrogen-bond acceptors (Lipinski definition) is 5. The van der Waals surface area contributed by atoms with E-state index in [1.807, 2.05) is 75.4 Å². The van der Waals surface area contributed by atoms with Gasteiger partial charge in [0.1, 0.15) is 0 Å². The normalized spacial score (nSPS) is 12.6. The van der Waals surface area contributed by atoms with Gasteiger partial charge in [-0.15, -0.1) is 10.2 Å². The molecule has 1 amide bonds. The van der Waals surface area contributed by atoms with Gasteiger partial charge in [0.05, 0.1) is 12.6 Å². The summed E-state index contributed by atoms with van der Waals surface area (Å²) in [6.45, 7) is 6.46. The molecule has 1 heterocycles. The molecule has 3 aromatic rings. The van der Waals surface area contributed by atoms with Crippen LogP contribution < -0.4 is 11.1 Å². The minimum Gasteiger partial charge on any atom is -0.325 e. The van der Waals surface area contributed by atoms with E-state index in [1.165, 1.54) is 0 Å². The van der Waals surface area contributed by atoms with E-state index in [0.717, 1.165) is 23.2 Å². The summed E-state index contributed by atoms with van der Waals surface area (Å²) < 4.78 is 0. The minimum atomic E-state index is -0.565. The summed E-state index contributed by atoms with van der Waals surface area (Å²) in [5.74, 6) is 0.439. The van der Waals surface area contributed by atoms with Gasteiger partial charge >= 0.3 is 0 Å². The third-order valence-electron chi connectivity index (χ3n) is 4.52. The molecule has 3 rings (SSSR count). The highest BCUT2D eigenvalue weighted by molar-refractivity contribution is 5.95. The molecule has 2 aromatic carbocycles. The summed E-state index contributed by atoms with van der Waals surface area (Å²) in [4.78, 5) is 13.8. The van der Waals surface area contributed by atoms with Crippen molar-refractivity contribution >= 4 is 11.6 Å². The second kappa shape index (κ2) is 8.31. The second-order valence-corrected chi connectivity index (χ2v) is 7.85. The summed E-state index contributed by atoms with van der Waals surface area (Å²) in [6.07, 6.45) is 0.764. The maximum absolute atomic E-state index is 12.2. The van der Waals surface area contributed by atoms with Crippen molar-refractivity contribution in [2.45, 2.75) is 39.8 Å². The van der Waals surface area contributed by atoms with E-state index in [4.69, 9.17) is 5.73 Å². The van der Waals surface area contributed by atoms with E-state index in [-0.39, 0.29) is 11.3 Å². The molecule has 0 aliphatic heterocycles. The zero-order valence-electron chi connectivity index (χ0n) is 16.5. The van der Waals surface area contributed by atoms with Crippen LogP contribution in [-0.4, -0.2) is 32.2 Å². The number of anilines is 1. The van der Waals surface area contributed by atoms with Gasteiger partial charge in [0.15, 0.2) is 0 Å². The zero-order valence-corrected chi connectivity index (χ0v) is 16.5. The van der Waals surface area contributed by atoms with Crippen molar-refractivity contribution in [1.82, 2.24) is 20.2 Å². The predicted octanol–water partition coefficient (Wildman–Crippen LogP) is 2.89. The van der Waals surface area contributed by atoms with Crippen molar-refractivity contribution in [3.8, 4) is 11.4 Å². The highest BCUT2D eigenvalue weighted by Gasteiger charge is 2.27. The lowest BCUT2D eigenvalue weighted by atomic mass is 9.87. The predicted molar refractivity (Wildman–Crippen MR) is 109 cm³/mol. The molecule has 0 fully saturated rings. The molecule has 0 aliphatic carbocycles. The number of nitrogens with one attached hydrogen (secondary N) is 1. The number of carbonyl (C=O) groups is 1. The van der Waals surface area contributed by atoms with Crippen molar-refractivity contribution < 1.29 is 4.79 Å². The molecule has 0 saturated heterocycles. The fraction of sp³-hybridized carbons (Fsp3) is 0.333. The van der Waals surface area contributed by atoms with Crippen LogP contribution in [0.5, 0.6) is 0 Å². The van der Waals surface area contributed by atoms with E-state index < -0.39 is 6.04 Å². The molecule has 0 spiro atoms. The number of nitrogens with zero attached hydrogens (tertiary/aromatic N) is 4. The molecule has 146 valence electrons. The maximum atomic E-state index is 12.2. The molecular weight excluding hydrogens is 352 g/mol. The highest BCUT2D eigenvalue weighted by Crippen LogP contribution is 2.19. The summed E-state index contributed by atoms with van der Waals surface area (Å²) in [5.41, 5.74) is 8.51. The summed E-state index contributed by atoms with van der Waals surface area (Å²) in [7, 11) is 0. The van der Waals surface area contributed by atoms with Gasteiger partial charge in [0.2, 0.25) is 11.7 Å². The van der Waals surface area contributed by atoms with E-state index in [1.54, 1.807) is 4.80 Å². The first-order valence-corrected chi connectivity index (χ1v) is 9.31. The van der Waals surface area contributed by atoms with Crippen molar-refractivity contribution in [3.63, 3.8) is 0 Å². The number of hydrogen-bond donors (Lipinski definition) is 2. The molecule has 1 aromatic heterocycles. The van der Waals surface area contributed by atoms with Gasteiger partial charge in [-0.25, -0.2) is 0 Å². The molecule has 28 heavy (non-hydrogen) atoms. The zero-order chi connectivity index (χ0) is 20.1. The summed E-state index contributed by atoms with van der Waals surface area (Å²) in [5, 5.41) is 15.5. The van der Waals surface area contributed by atoms with Crippen LogP contribution in [0.25, 0.3) is 11.4 Å². The van der Waals surface area contributed by atoms with Gasteiger partial charge in [-0.3, -0.25) is 4.79 Å². The molecule has 1 atom stereocenters. The van der Waals surface area contributed by atoms with Crippen LogP contribution >= 0.6 is 0 Å². The SMILES string of the molecule is CC(C)(C)[C@H](N)C(=O)Nc1ccc(CCn2nnc(-c3ccccc3)n2)cc1. The lowest BCUT2D eigenvalue weighted by Crippen LogP contribution is -2.45. The first kappa shape index (κ1) is 19.7. The van der Waals surface area contributed by atoms with Gasteiger partial charge in [0.25, 0.3) is 0 Å². The molecule has 7 heteroatoms. The number of tetrazole rings is 1. The van der Waals surface area contributed by atoms with E-state index in [9.17, 15) is 4.79 Å². The summed E-state index contributed by atoms with van der Waals surface area (Å²) in [6, 6.07) is 16.9. The molecule has 0 bridgehead atoms. The number of benzene rings is 2. The minimum absolute atomic E-state index is 0.180. The van der Waals surface area contributed by atoms with Crippen LogP contribution in [0.2, 0.25) is 0 Å². The van der Waals surface area contributed by atoms with Crippen LogP contribution in [-0.2, 0) is 17.8 Å². The Hall–Kier alpha value is -3.06. The Morgan fingerprint density at radius 3 is 2.43 bits per heavy atom. The number of aromatic nitrogens is 4. The molecule has 0 unspecified atom stereocenters. The van der Waals surface area contributed by atoms with Gasteiger partial charge in [-0.05, 0) is 34.7 Å². The standard InChI is InChI=1S/C21H26N6O/c1-21(2,3)18(22)20(28)23-17-11-9-15(10-12-17)13-14-27-25-19(24-26-27)16-7-5-4-6-8-16/h4-12,18H,13-14,22H2,1-3H3,(H,23,28)/t18-/m1/s1. The fourth-order valence-electron chi connectivity index (χ4n) is 2.64. The van der Waals surface area contributed by atoms with Crippen LogP contribution in [0.3, 0.4) is 0 Å². The molecule has 3 N–H and O–H groups in total. The van der Waals surface area contributed by atoms with Crippen molar-refractivity contribution in [2.75, 3.05) is 5.32 Å². The van der Waals surface area contributed by atoms with Crippen LogP contribution in [0, 0.1) is 5.41 Å². The van der Waals surface area contributed by atoms with Crippen LogP contribution in [0.4, 0.5) is 5.69 Å². The van der Waals surface area contributed by atoms with E-state index >= 15 is 0 Å². The summed E-state index contributed by atoms with van der Waals surface area (Å²) >= 11 is 0. The number of amides is 1. The topological polar surface area (TPSA) is 98.7 Å². The lowest BCUT2D eigenvalue weighted by molar-refractivity contribution is -0.119. The number of carbonyl (C=O) groups excluding carboxylic acids is 1. The smallest absolute Gasteiger partial charge is 0.241 e. The van der Waals surface area contributed by atoms with Crippen molar-refractivity contribution in [2.24, 2.45) is 11.1 Å². The quantitative estimate of drug-likeness (QED) is 0.687. The van der Waals surface area contributed by atoms with Crippen LogP contribution in [0.15, 0.2) is 54.6 Å². The highest BCUT2D eigenvalue weighted by atomic mass is 16.2. The van der Waals surface area contributed by atoms with Gasteiger partial charge in [-0.1, -0.05) is 63.2 Å². The molecular formula is C21H26N6O. The Labute approximate surface area is 164 Å². The first-order valence-electron chi connectivity index (χ1n) is 9.31. The lowest BCUT2D eigenvalue weighted by Gasteiger charge is -2.25. The molecule has 0 aliphatic rings. The van der Waals surface area contributed by atoms with Crippen molar-refractivity contribution in [3.05, 3.63) is 60.2 Å². The Bertz CT molecular complexity index is 912. The van der Waals surface area contributed by atoms with Gasteiger partial charge < -0.3 is 11.1 Å². The second-order valence-electron chi connectivity index (χ2n) is 7.85. The molecule has 0 saturated carbocycles. The Kier molecular flexibility index (Phi) is 5.84. The van der Waals surface area contributed by atoms with Crippen LogP contribution in [0.1, 0.15) is 26.3 Å². The Morgan fingerprint density at radius 1 is 1.11 bits per heavy atom. The third-order valence-corrected chi connectivity index (χ3v) is 4.52. The number of nitrogens with two attached hydrogens (primary N) is 1. The number of aryl methyl sites for hydroxylation is 2. The van der Waals surface area contributed by atoms with Crippen molar-refractivity contribution in [1.29, 1.82) is 0 Å². The third kappa shape index (κ3) is 5.01. The first-order chi connectivity index (χ1) is 13.3. The van der Waals surface area contributed by atoms with Gasteiger partial charge in [0, 0.05) is 11.3 Å². The van der Waals surface area contributed by atoms with E-state index in [0.29, 0.717) is 12.4 Å². The number of rotatable bonds is 6. The average molecular weight is 378 g/mol. The van der Waals surface area contributed by atoms with E-state index in [2.05, 4.69) is 20.7 Å². The molecule has 0 radical (unpaired) electrons.